The van der Waals surface area contributed by atoms with E-state index < -0.39 is 17.6 Å². The van der Waals surface area contributed by atoms with Gasteiger partial charge in [0, 0.05) is 19.0 Å². The molecule has 0 bridgehead atoms. The van der Waals surface area contributed by atoms with E-state index in [1.807, 2.05) is 24.3 Å². The topological polar surface area (TPSA) is 105 Å². The first-order chi connectivity index (χ1) is 16.9. The number of carbonyl (C=O) groups excluding carboxylic acids is 2. The summed E-state index contributed by atoms with van der Waals surface area (Å²) >= 11 is 0. The number of carboxylic acid groups (broad SMARTS) is 1. The van der Waals surface area contributed by atoms with Gasteiger partial charge in [-0.25, -0.2) is 9.59 Å². The molecule has 0 radical (unpaired) electrons. The Kier molecular flexibility index (Phi) is 6.47. The SMILES string of the molecule is O=C(O)COC1CCN(C(=O)CC2(NC(=O)OCC3c4ccccc4-c4ccccc43)CC2)CC1. The van der Waals surface area contributed by atoms with E-state index in [0.29, 0.717) is 25.9 Å². The number of hydrogen-bond donors (Lipinski definition) is 2. The molecule has 0 spiro atoms. The molecular formula is C27H30N2O6. The number of piperidine rings is 1. The van der Waals surface area contributed by atoms with Crippen LogP contribution in [0, 0.1) is 0 Å². The van der Waals surface area contributed by atoms with Crippen LogP contribution in [0.15, 0.2) is 48.5 Å². The Bertz CT molecular complexity index is 1070. The molecular weight excluding hydrogens is 448 g/mol. The summed E-state index contributed by atoms with van der Waals surface area (Å²) in [6.07, 6.45) is 2.36. The second kappa shape index (κ2) is 9.70. The molecule has 1 aliphatic heterocycles. The van der Waals surface area contributed by atoms with Crippen LogP contribution in [0.4, 0.5) is 4.79 Å². The predicted molar refractivity (Wildman–Crippen MR) is 128 cm³/mol. The first kappa shape index (κ1) is 23.4. The van der Waals surface area contributed by atoms with Crippen molar-refractivity contribution in [2.75, 3.05) is 26.3 Å². The molecule has 0 atom stereocenters. The lowest BCUT2D eigenvalue weighted by Crippen LogP contribution is -2.46. The Balaban J connectivity index is 1.12. The summed E-state index contributed by atoms with van der Waals surface area (Å²) in [6.45, 7) is 0.994. The maximum absolute atomic E-state index is 12.8. The third-order valence-electron chi connectivity index (χ3n) is 7.29. The van der Waals surface area contributed by atoms with E-state index in [9.17, 15) is 14.4 Å². The summed E-state index contributed by atoms with van der Waals surface area (Å²) in [6, 6.07) is 16.4. The standard InChI is InChI=1S/C27H30N2O6/c30-24(29-13-9-18(10-14-29)34-17-25(31)32)15-27(11-12-27)28-26(33)35-16-23-21-7-3-1-5-19(21)20-6-2-4-8-22(20)23/h1-8,18,23H,9-17H2,(H,28,33)(H,31,32). The molecule has 184 valence electrons. The summed E-state index contributed by atoms with van der Waals surface area (Å²) in [5.74, 6) is -0.994. The second-order valence-corrected chi connectivity index (χ2v) is 9.69. The second-order valence-electron chi connectivity index (χ2n) is 9.69. The Morgan fingerprint density at radius 3 is 2.14 bits per heavy atom. The number of aliphatic carboxylic acids is 1. The van der Waals surface area contributed by atoms with E-state index in [1.54, 1.807) is 4.90 Å². The van der Waals surface area contributed by atoms with E-state index in [4.69, 9.17) is 14.6 Å². The zero-order valence-electron chi connectivity index (χ0n) is 19.6. The maximum atomic E-state index is 12.8. The van der Waals surface area contributed by atoms with E-state index in [2.05, 4.69) is 29.6 Å². The number of benzene rings is 2. The number of carboxylic acids is 1. The lowest BCUT2D eigenvalue weighted by atomic mass is 9.98. The fourth-order valence-corrected chi connectivity index (χ4v) is 5.21. The summed E-state index contributed by atoms with van der Waals surface area (Å²) in [5, 5.41) is 11.7. The quantitative estimate of drug-likeness (QED) is 0.601. The molecule has 35 heavy (non-hydrogen) atoms. The molecule has 1 saturated carbocycles. The van der Waals surface area contributed by atoms with Crippen LogP contribution in [-0.2, 0) is 19.1 Å². The van der Waals surface area contributed by atoms with Crippen molar-refractivity contribution in [3.8, 4) is 11.1 Å². The van der Waals surface area contributed by atoms with Gasteiger partial charge in [0.15, 0.2) is 0 Å². The van der Waals surface area contributed by atoms with Crippen molar-refractivity contribution in [2.24, 2.45) is 0 Å². The molecule has 2 N–H and O–H groups in total. The zero-order valence-corrected chi connectivity index (χ0v) is 19.6. The van der Waals surface area contributed by atoms with E-state index >= 15 is 0 Å². The highest BCUT2D eigenvalue weighted by Crippen LogP contribution is 2.45. The molecule has 2 aromatic carbocycles. The van der Waals surface area contributed by atoms with Gasteiger partial charge in [-0.15, -0.1) is 0 Å². The highest BCUT2D eigenvalue weighted by Gasteiger charge is 2.47. The smallest absolute Gasteiger partial charge is 0.407 e. The van der Waals surface area contributed by atoms with E-state index in [1.165, 1.54) is 11.1 Å². The molecule has 2 amide bonds. The molecule has 0 unspecified atom stereocenters. The number of carbonyl (C=O) groups is 3. The first-order valence-electron chi connectivity index (χ1n) is 12.2. The minimum absolute atomic E-state index is 0.00173. The number of nitrogens with one attached hydrogen (secondary N) is 1. The van der Waals surface area contributed by atoms with E-state index in [-0.39, 0.29) is 37.6 Å². The number of likely N-dealkylation sites (tertiary alicyclic amines) is 1. The van der Waals surface area contributed by atoms with Gasteiger partial charge in [0.05, 0.1) is 18.1 Å². The molecule has 8 nitrogen and oxygen atoms in total. The Morgan fingerprint density at radius 2 is 1.57 bits per heavy atom. The van der Waals surface area contributed by atoms with Crippen LogP contribution in [0.5, 0.6) is 0 Å². The molecule has 1 heterocycles. The van der Waals surface area contributed by atoms with Gasteiger partial charge < -0.3 is 24.8 Å². The molecule has 2 fully saturated rings. The van der Waals surface area contributed by atoms with Crippen molar-refractivity contribution in [2.45, 2.75) is 49.7 Å². The van der Waals surface area contributed by atoms with Gasteiger partial charge >= 0.3 is 12.1 Å². The molecule has 5 rings (SSSR count). The van der Waals surface area contributed by atoms with Crippen LogP contribution in [0.25, 0.3) is 11.1 Å². The van der Waals surface area contributed by atoms with Crippen LogP contribution >= 0.6 is 0 Å². The molecule has 0 aromatic heterocycles. The van der Waals surface area contributed by atoms with Crippen molar-refractivity contribution < 1.29 is 29.0 Å². The summed E-state index contributed by atoms with van der Waals surface area (Å²) < 4.78 is 11.0. The highest BCUT2D eigenvalue weighted by atomic mass is 16.5. The first-order valence-corrected chi connectivity index (χ1v) is 12.2. The van der Waals surface area contributed by atoms with Gasteiger partial charge in [0.25, 0.3) is 0 Å². The molecule has 2 aromatic rings. The number of ether oxygens (including phenoxy) is 2. The van der Waals surface area contributed by atoms with Crippen LogP contribution in [-0.4, -0.2) is 65.9 Å². The highest BCUT2D eigenvalue weighted by molar-refractivity contribution is 5.80. The number of alkyl carbamates (subject to hydrolysis) is 1. The Labute approximate surface area is 204 Å². The van der Waals surface area contributed by atoms with Crippen molar-refractivity contribution in [3.63, 3.8) is 0 Å². The summed E-state index contributed by atoms with van der Waals surface area (Å²) in [4.78, 5) is 38.0. The molecule has 1 saturated heterocycles. The van der Waals surface area contributed by atoms with Gasteiger partial charge in [0.2, 0.25) is 5.91 Å². The van der Waals surface area contributed by atoms with Gasteiger partial charge in [-0.05, 0) is 47.9 Å². The fraction of sp³-hybridized carbons (Fsp3) is 0.444. The number of nitrogens with zero attached hydrogens (tertiary/aromatic N) is 1. The minimum atomic E-state index is -0.988. The largest absolute Gasteiger partial charge is 0.480 e. The number of rotatable bonds is 8. The fourth-order valence-electron chi connectivity index (χ4n) is 5.21. The van der Waals surface area contributed by atoms with Crippen LogP contribution in [0.2, 0.25) is 0 Å². The minimum Gasteiger partial charge on any atom is -0.480 e. The molecule has 8 heteroatoms. The monoisotopic (exact) mass is 478 g/mol. The van der Waals surface area contributed by atoms with Crippen molar-refractivity contribution in [1.82, 2.24) is 10.2 Å². The molecule has 2 aliphatic carbocycles. The van der Waals surface area contributed by atoms with Gasteiger partial charge in [-0.1, -0.05) is 48.5 Å². The van der Waals surface area contributed by atoms with Crippen molar-refractivity contribution >= 4 is 18.0 Å². The summed E-state index contributed by atoms with van der Waals surface area (Å²) in [7, 11) is 0. The van der Waals surface area contributed by atoms with Crippen molar-refractivity contribution in [3.05, 3.63) is 59.7 Å². The average Bonchev–Trinajstić information content (AvgIpc) is 3.53. The number of amides is 2. The van der Waals surface area contributed by atoms with Crippen LogP contribution in [0.1, 0.15) is 49.1 Å². The average molecular weight is 479 g/mol. The predicted octanol–water partition coefficient (Wildman–Crippen LogP) is 3.54. The number of hydrogen-bond acceptors (Lipinski definition) is 5. The van der Waals surface area contributed by atoms with Gasteiger partial charge in [0.1, 0.15) is 13.2 Å². The Hall–Kier alpha value is -3.39. The Morgan fingerprint density at radius 1 is 0.971 bits per heavy atom. The zero-order chi connectivity index (χ0) is 24.4. The van der Waals surface area contributed by atoms with Crippen LogP contribution < -0.4 is 5.32 Å². The maximum Gasteiger partial charge on any atom is 0.407 e. The van der Waals surface area contributed by atoms with Crippen LogP contribution in [0.3, 0.4) is 0 Å². The van der Waals surface area contributed by atoms with E-state index in [0.717, 1.165) is 24.0 Å². The van der Waals surface area contributed by atoms with Gasteiger partial charge in [-0.3, -0.25) is 4.79 Å². The number of fused-ring (bicyclic) bond motifs is 3. The summed E-state index contributed by atoms with van der Waals surface area (Å²) in [5.41, 5.74) is 4.15. The van der Waals surface area contributed by atoms with Crippen molar-refractivity contribution in [1.29, 1.82) is 0 Å². The lowest BCUT2D eigenvalue weighted by Gasteiger charge is -2.32. The van der Waals surface area contributed by atoms with Gasteiger partial charge in [-0.2, -0.15) is 0 Å². The molecule has 3 aliphatic rings. The third kappa shape index (κ3) is 5.17. The normalized spacial score (nSPS) is 18.5. The lowest BCUT2D eigenvalue weighted by molar-refractivity contribution is -0.147. The third-order valence-corrected chi connectivity index (χ3v) is 7.29.